The maximum atomic E-state index is 12.0. The number of alkyl halides is 3. The van der Waals surface area contributed by atoms with Crippen molar-refractivity contribution in [2.45, 2.75) is 19.7 Å². The van der Waals surface area contributed by atoms with Gasteiger partial charge >= 0.3 is 6.18 Å². The molecule has 0 aliphatic rings. The number of nitrogens with two attached hydrogens (primary N) is 1. The molecule has 136 valence electrons. The molecule has 0 aromatic carbocycles. The highest BCUT2D eigenvalue weighted by Crippen LogP contribution is 2.20. The van der Waals surface area contributed by atoms with Crippen LogP contribution in [0.3, 0.4) is 0 Å². The van der Waals surface area contributed by atoms with Crippen molar-refractivity contribution in [1.29, 1.82) is 0 Å². The first kappa shape index (κ1) is 17.7. The van der Waals surface area contributed by atoms with E-state index in [1.807, 2.05) is 0 Å². The molecule has 3 rings (SSSR count). The Morgan fingerprint density at radius 2 is 1.92 bits per heavy atom. The van der Waals surface area contributed by atoms with Crippen molar-refractivity contribution < 1.29 is 22.4 Å². The monoisotopic (exact) mass is 367 g/mol. The summed E-state index contributed by atoms with van der Waals surface area (Å²) in [6.07, 6.45) is -2.99. The number of anilines is 1. The van der Waals surface area contributed by atoms with Crippen molar-refractivity contribution in [2.24, 2.45) is 0 Å². The number of nitrogens with zero attached hydrogens (tertiary/aromatic N) is 6. The molecule has 0 atom stereocenters. The van der Waals surface area contributed by atoms with Crippen LogP contribution in [-0.2, 0) is 11.3 Å². The van der Waals surface area contributed by atoms with Crippen LogP contribution in [0.4, 0.5) is 19.1 Å². The number of rotatable bonds is 5. The molecule has 0 saturated heterocycles. The number of hydrogen-bond acceptors (Lipinski definition) is 9. The van der Waals surface area contributed by atoms with E-state index in [0.717, 1.165) is 0 Å². The predicted octanol–water partition coefficient (Wildman–Crippen LogP) is 1.95. The second-order valence-corrected chi connectivity index (χ2v) is 5.13. The van der Waals surface area contributed by atoms with Crippen molar-refractivity contribution in [2.75, 3.05) is 12.3 Å². The number of aryl methyl sites for hydroxylation is 1. The Morgan fingerprint density at radius 1 is 1.12 bits per heavy atom. The summed E-state index contributed by atoms with van der Waals surface area (Å²) in [7, 11) is 0. The lowest BCUT2D eigenvalue weighted by Crippen LogP contribution is -2.16. The van der Waals surface area contributed by atoms with Crippen molar-refractivity contribution in [3.63, 3.8) is 0 Å². The Kier molecular flexibility index (Phi) is 4.75. The maximum Gasteiger partial charge on any atom is 0.411 e. The van der Waals surface area contributed by atoms with Crippen molar-refractivity contribution >= 4 is 5.95 Å². The van der Waals surface area contributed by atoms with Gasteiger partial charge in [-0.1, -0.05) is 5.16 Å². The summed E-state index contributed by atoms with van der Waals surface area (Å²) in [5.41, 5.74) is 6.36. The molecule has 3 heterocycles. The fraction of sp³-hybridized carbons (Fsp3) is 0.286. The second-order valence-electron chi connectivity index (χ2n) is 5.13. The summed E-state index contributed by atoms with van der Waals surface area (Å²) in [6.45, 7) is 0.0439. The van der Waals surface area contributed by atoms with Gasteiger partial charge in [0.15, 0.2) is 0 Å². The lowest BCUT2D eigenvalue weighted by molar-refractivity contribution is -0.176. The highest BCUT2D eigenvalue weighted by molar-refractivity contribution is 5.55. The standard InChI is InChI=1S/C14H12F3N7O2/c1-7-20-10(23-13(18)21-7)11-22-12(26-24-11)8-2-3-9(19-4-8)5-25-6-14(15,16)17/h2-4H,5-6H2,1H3,(H2,18,20,21,23). The molecule has 3 aromatic heterocycles. The summed E-state index contributed by atoms with van der Waals surface area (Å²) in [5.74, 6) is 0.865. The molecule has 26 heavy (non-hydrogen) atoms. The third-order valence-corrected chi connectivity index (χ3v) is 2.98. The van der Waals surface area contributed by atoms with Gasteiger partial charge < -0.3 is 15.0 Å². The third kappa shape index (κ3) is 4.47. The van der Waals surface area contributed by atoms with Crippen LogP contribution in [0, 0.1) is 6.92 Å². The average Bonchev–Trinajstić information content (AvgIpc) is 3.03. The highest BCUT2D eigenvalue weighted by Gasteiger charge is 2.27. The van der Waals surface area contributed by atoms with E-state index in [1.54, 1.807) is 13.0 Å². The third-order valence-electron chi connectivity index (χ3n) is 2.98. The summed E-state index contributed by atoms with van der Waals surface area (Å²) in [6, 6.07) is 3.07. The Labute approximate surface area is 144 Å². The number of halogens is 3. The van der Waals surface area contributed by atoms with Crippen LogP contribution in [0.15, 0.2) is 22.9 Å². The molecule has 0 bridgehead atoms. The highest BCUT2D eigenvalue weighted by atomic mass is 19.4. The van der Waals surface area contributed by atoms with E-state index in [1.165, 1.54) is 12.3 Å². The molecule has 0 aliphatic carbocycles. The van der Waals surface area contributed by atoms with E-state index in [0.29, 0.717) is 17.1 Å². The van der Waals surface area contributed by atoms with Crippen LogP contribution in [0.2, 0.25) is 0 Å². The first-order valence-corrected chi connectivity index (χ1v) is 7.22. The molecule has 12 heteroatoms. The lowest BCUT2D eigenvalue weighted by Gasteiger charge is -2.07. The van der Waals surface area contributed by atoms with Crippen molar-refractivity contribution in [3.8, 4) is 23.1 Å². The Balaban J connectivity index is 1.71. The van der Waals surface area contributed by atoms with Gasteiger partial charge in [-0.2, -0.15) is 28.1 Å². The summed E-state index contributed by atoms with van der Waals surface area (Å²) < 4.78 is 45.8. The van der Waals surface area contributed by atoms with E-state index >= 15 is 0 Å². The molecule has 0 spiro atoms. The van der Waals surface area contributed by atoms with E-state index in [2.05, 4.69) is 34.8 Å². The maximum absolute atomic E-state index is 12.0. The van der Waals surface area contributed by atoms with E-state index in [9.17, 15) is 13.2 Å². The van der Waals surface area contributed by atoms with Gasteiger partial charge in [0, 0.05) is 6.20 Å². The number of ether oxygens (including phenoxy) is 1. The first-order valence-electron chi connectivity index (χ1n) is 7.22. The normalized spacial score (nSPS) is 11.7. The predicted molar refractivity (Wildman–Crippen MR) is 81.2 cm³/mol. The van der Waals surface area contributed by atoms with E-state index in [4.69, 9.17) is 10.3 Å². The van der Waals surface area contributed by atoms with Crippen LogP contribution < -0.4 is 5.73 Å². The average molecular weight is 367 g/mol. The fourth-order valence-corrected chi connectivity index (χ4v) is 1.94. The fourth-order valence-electron chi connectivity index (χ4n) is 1.94. The largest absolute Gasteiger partial charge is 0.411 e. The number of pyridine rings is 1. The topological polar surface area (TPSA) is 126 Å². The quantitative estimate of drug-likeness (QED) is 0.720. The van der Waals surface area contributed by atoms with E-state index < -0.39 is 12.8 Å². The Morgan fingerprint density at radius 3 is 2.58 bits per heavy atom. The number of nitrogen functional groups attached to an aromatic ring is 1. The van der Waals surface area contributed by atoms with Gasteiger partial charge in [0.2, 0.25) is 17.6 Å². The molecule has 0 fully saturated rings. The molecular weight excluding hydrogens is 355 g/mol. The molecule has 9 nitrogen and oxygen atoms in total. The van der Waals surface area contributed by atoms with Crippen LogP contribution >= 0.6 is 0 Å². The molecular formula is C14H12F3N7O2. The number of hydrogen-bond donors (Lipinski definition) is 1. The minimum absolute atomic E-state index is 0.0312. The zero-order valence-electron chi connectivity index (χ0n) is 13.4. The SMILES string of the molecule is Cc1nc(N)nc(-c2noc(-c3ccc(COCC(F)(F)F)nc3)n2)n1. The molecule has 0 radical (unpaired) electrons. The summed E-state index contributed by atoms with van der Waals surface area (Å²) >= 11 is 0. The van der Waals surface area contributed by atoms with Crippen LogP contribution in [0.5, 0.6) is 0 Å². The zero-order valence-corrected chi connectivity index (χ0v) is 13.4. The van der Waals surface area contributed by atoms with Crippen molar-refractivity contribution in [1.82, 2.24) is 30.1 Å². The van der Waals surface area contributed by atoms with Crippen LogP contribution in [0.25, 0.3) is 23.1 Å². The molecule has 0 amide bonds. The second kappa shape index (κ2) is 7.00. The van der Waals surface area contributed by atoms with Gasteiger partial charge in [0.05, 0.1) is 17.9 Å². The van der Waals surface area contributed by atoms with Gasteiger partial charge in [-0.15, -0.1) is 0 Å². The summed E-state index contributed by atoms with van der Waals surface area (Å²) in [4.78, 5) is 20.0. The van der Waals surface area contributed by atoms with Gasteiger partial charge in [0.25, 0.3) is 5.89 Å². The minimum Gasteiger partial charge on any atom is -0.368 e. The van der Waals surface area contributed by atoms with Gasteiger partial charge in [0.1, 0.15) is 12.4 Å². The molecule has 0 aliphatic heterocycles. The number of aromatic nitrogens is 6. The zero-order chi connectivity index (χ0) is 18.7. The smallest absolute Gasteiger partial charge is 0.368 e. The van der Waals surface area contributed by atoms with Gasteiger partial charge in [-0.25, -0.2) is 4.98 Å². The molecule has 0 saturated carbocycles. The Hall–Kier alpha value is -3.15. The van der Waals surface area contributed by atoms with Crippen LogP contribution in [0.1, 0.15) is 11.5 Å². The van der Waals surface area contributed by atoms with Crippen LogP contribution in [-0.4, -0.2) is 42.9 Å². The Bertz CT molecular complexity index is 876. The van der Waals surface area contributed by atoms with Crippen molar-refractivity contribution in [3.05, 3.63) is 29.8 Å². The van der Waals surface area contributed by atoms with E-state index in [-0.39, 0.29) is 30.1 Å². The lowest BCUT2D eigenvalue weighted by atomic mass is 10.2. The van der Waals surface area contributed by atoms with Gasteiger partial charge in [-0.05, 0) is 19.1 Å². The molecule has 0 unspecified atom stereocenters. The molecule has 3 aromatic rings. The van der Waals surface area contributed by atoms with Gasteiger partial charge in [-0.3, -0.25) is 4.98 Å². The minimum atomic E-state index is -4.38. The molecule has 2 N–H and O–H groups in total. The summed E-state index contributed by atoms with van der Waals surface area (Å²) in [5, 5.41) is 3.77. The first-order chi connectivity index (χ1) is 12.3.